The van der Waals surface area contributed by atoms with Crippen molar-refractivity contribution in [2.75, 3.05) is 30.4 Å². The number of aryl methyl sites for hydroxylation is 1. The van der Waals surface area contributed by atoms with Crippen LogP contribution in [0.2, 0.25) is 0 Å². The Kier molecular flexibility index (Phi) is 5.16. The molecule has 1 fully saturated rings. The van der Waals surface area contributed by atoms with Gasteiger partial charge in [0.1, 0.15) is 5.82 Å². The van der Waals surface area contributed by atoms with Crippen LogP contribution in [0.3, 0.4) is 0 Å². The number of para-hydroxylation sites is 1. The minimum Gasteiger partial charge on any atom is -0.465 e. The number of carbonyl (C=O) groups excluding carboxylic acids is 1. The second-order valence-electron chi connectivity index (χ2n) is 6.55. The first-order valence-electron chi connectivity index (χ1n) is 8.62. The topological polar surface area (TPSA) is 67.3 Å². The lowest BCUT2D eigenvalue weighted by Crippen LogP contribution is -2.35. The highest BCUT2D eigenvalue weighted by molar-refractivity contribution is 5.96. The molecule has 0 spiro atoms. The van der Waals surface area contributed by atoms with E-state index in [0.29, 0.717) is 23.1 Å². The third-order valence-electron chi connectivity index (χ3n) is 4.40. The Morgan fingerprint density at radius 1 is 1.32 bits per heavy atom. The Balaban J connectivity index is 1.88. The summed E-state index contributed by atoms with van der Waals surface area (Å²) in [5, 5.41) is 3.17. The zero-order valence-corrected chi connectivity index (χ0v) is 15.0. The van der Waals surface area contributed by atoms with Crippen LogP contribution in [0.1, 0.15) is 35.8 Å². The number of ether oxygens (including phenoxy) is 1. The molecule has 0 saturated carbocycles. The van der Waals surface area contributed by atoms with Crippen molar-refractivity contribution < 1.29 is 9.53 Å². The standard InChI is InChI=1S/C19H24N4O2/c1-13-7-6-10-23(12-13)17-11-14(2)20-19(22-17)21-16-9-5-4-8-15(16)18(24)25-3/h4-5,8-9,11,13H,6-7,10,12H2,1-3H3,(H,20,21,22). The predicted octanol–water partition coefficient (Wildman–Crippen LogP) is 3.55. The molecule has 6 heteroatoms. The van der Waals surface area contributed by atoms with Crippen LogP contribution in [0, 0.1) is 12.8 Å². The molecule has 0 aliphatic carbocycles. The van der Waals surface area contributed by atoms with Crippen LogP contribution >= 0.6 is 0 Å². The summed E-state index contributed by atoms with van der Waals surface area (Å²) in [6, 6.07) is 9.21. The van der Waals surface area contributed by atoms with Gasteiger partial charge in [0, 0.05) is 24.8 Å². The predicted molar refractivity (Wildman–Crippen MR) is 98.4 cm³/mol. The second-order valence-corrected chi connectivity index (χ2v) is 6.55. The molecular formula is C19H24N4O2. The quantitative estimate of drug-likeness (QED) is 0.859. The highest BCUT2D eigenvalue weighted by Crippen LogP contribution is 2.25. The number of nitrogens with one attached hydrogen (secondary N) is 1. The van der Waals surface area contributed by atoms with Crippen molar-refractivity contribution in [3.05, 3.63) is 41.6 Å². The molecule has 2 heterocycles. The maximum Gasteiger partial charge on any atom is 0.339 e. The lowest BCUT2D eigenvalue weighted by molar-refractivity contribution is 0.0602. The number of nitrogens with zero attached hydrogens (tertiary/aromatic N) is 3. The molecule has 1 aliphatic heterocycles. The first-order chi connectivity index (χ1) is 12.1. The Hall–Kier alpha value is -2.63. The Morgan fingerprint density at radius 2 is 2.12 bits per heavy atom. The van der Waals surface area contributed by atoms with Gasteiger partial charge in [-0.05, 0) is 37.8 Å². The molecule has 1 atom stereocenters. The number of benzene rings is 1. The number of anilines is 3. The van der Waals surface area contributed by atoms with Gasteiger partial charge in [-0.1, -0.05) is 19.1 Å². The van der Waals surface area contributed by atoms with Gasteiger partial charge in [0.2, 0.25) is 5.95 Å². The SMILES string of the molecule is COC(=O)c1ccccc1Nc1nc(C)cc(N2CCCC(C)C2)n1. The first-order valence-corrected chi connectivity index (χ1v) is 8.62. The van der Waals surface area contributed by atoms with Gasteiger partial charge in [-0.15, -0.1) is 0 Å². The fourth-order valence-corrected chi connectivity index (χ4v) is 3.17. The van der Waals surface area contributed by atoms with Crippen molar-refractivity contribution in [1.29, 1.82) is 0 Å². The zero-order chi connectivity index (χ0) is 17.8. The summed E-state index contributed by atoms with van der Waals surface area (Å²) in [5.74, 6) is 1.70. The smallest absolute Gasteiger partial charge is 0.339 e. The number of methoxy groups -OCH3 is 1. The lowest BCUT2D eigenvalue weighted by Gasteiger charge is -2.32. The molecule has 1 aromatic heterocycles. The molecule has 1 unspecified atom stereocenters. The zero-order valence-electron chi connectivity index (χ0n) is 15.0. The molecule has 3 rings (SSSR count). The molecule has 2 aromatic rings. The van der Waals surface area contributed by atoms with Gasteiger partial charge in [0.05, 0.1) is 18.4 Å². The van der Waals surface area contributed by atoms with Crippen molar-refractivity contribution in [3.63, 3.8) is 0 Å². The van der Waals surface area contributed by atoms with Crippen molar-refractivity contribution in [1.82, 2.24) is 9.97 Å². The second kappa shape index (κ2) is 7.51. The molecular weight excluding hydrogens is 316 g/mol. The van der Waals surface area contributed by atoms with Crippen LogP contribution in [-0.4, -0.2) is 36.1 Å². The summed E-state index contributed by atoms with van der Waals surface area (Å²) in [7, 11) is 1.37. The maximum atomic E-state index is 11.9. The summed E-state index contributed by atoms with van der Waals surface area (Å²) in [6.07, 6.45) is 2.44. The van der Waals surface area contributed by atoms with Crippen LogP contribution in [0.15, 0.2) is 30.3 Å². The minimum absolute atomic E-state index is 0.388. The van der Waals surface area contributed by atoms with E-state index in [9.17, 15) is 4.79 Å². The third-order valence-corrected chi connectivity index (χ3v) is 4.40. The highest BCUT2D eigenvalue weighted by Gasteiger charge is 2.19. The Labute approximate surface area is 148 Å². The fourth-order valence-electron chi connectivity index (χ4n) is 3.17. The van der Waals surface area contributed by atoms with Gasteiger partial charge in [-0.3, -0.25) is 0 Å². The molecule has 25 heavy (non-hydrogen) atoms. The third kappa shape index (κ3) is 4.07. The number of hydrogen-bond donors (Lipinski definition) is 1. The summed E-state index contributed by atoms with van der Waals surface area (Å²) >= 11 is 0. The Morgan fingerprint density at radius 3 is 2.88 bits per heavy atom. The molecule has 132 valence electrons. The molecule has 0 bridgehead atoms. The monoisotopic (exact) mass is 340 g/mol. The number of esters is 1. The van der Waals surface area contributed by atoms with Gasteiger partial charge >= 0.3 is 5.97 Å². The van der Waals surface area contributed by atoms with Crippen LogP contribution in [0.4, 0.5) is 17.5 Å². The first kappa shape index (κ1) is 17.2. The molecule has 0 radical (unpaired) electrons. The van der Waals surface area contributed by atoms with Gasteiger partial charge < -0.3 is 15.0 Å². The van der Waals surface area contributed by atoms with Crippen LogP contribution in [0.25, 0.3) is 0 Å². The normalized spacial score (nSPS) is 17.2. The molecule has 1 aliphatic rings. The lowest BCUT2D eigenvalue weighted by atomic mass is 10.0. The summed E-state index contributed by atoms with van der Waals surface area (Å²) in [4.78, 5) is 23.4. The van der Waals surface area contributed by atoms with Gasteiger partial charge in [-0.25, -0.2) is 9.78 Å². The summed E-state index contributed by atoms with van der Waals surface area (Å²) < 4.78 is 4.84. The highest BCUT2D eigenvalue weighted by atomic mass is 16.5. The van der Waals surface area contributed by atoms with E-state index >= 15 is 0 Å². The van der Waals surface area contributed by atoms with Crippen LogP contribution < -0.4 is 10.2 Å². The van der Waals surface area contributed by atoms with E-state index < -0.39 is 0 Å². The van der Waals surface area contributed by atoms with E-state index in [4.69, 9.17) is 4.74 Å². The number of aromatic nitrogens is 2. The van der Waals surface area contributed by atoms with Crippen LogP contribution in [0.5, 0.6) is 0 Å². The average Bonchev–Trinajstić information content (AvgIpc) is 2.61. The van der Waals surface area contributed by atoms with Crippen LogP contribution in [-0.2, 0) is 4.74 Å². The molecule has 1 N–H and O–H groups in total. The fraction of sp³-hybridized carbons (Fsp3) is 0.421. The Bertz CT molecular complexity index is 763. The summed E-state index contributed by atoms with van der Waals surface area (Å²) in [5.41, 5.74) is 1.99. The van der Waals surface area contributed by atoms with Crippen molar-refractivity contribution in [2.24, 2.45) is 5.92 Å². The van der Waals surface area contributed by atoms with E-state index in [0.717, 1.165) is 24.6 Å². The van der Waals surface area contributed by atoms with Gasteiger partial charge in [0.15, 0.2) is 0 Å². The molecule has 0 amide bonds. The molecule has 1 saturated heterocycles. The number of hydrogen-bond acceptors (Lipinski definition) is 6. The van der Waals surface area contributed by atoms with Crippen molar-refractivity contribution in [2.45, 2.75) is 26.7 Å². The van der Waals surface area contributed by atoms with Crippen molar-refractivity contribution >= 4 is 23.4 Å². The van der Waals surface area contributed by atoms with E-state index in [2.05, 4.69) is 27.1 Å². The van der Waals surface area contributed by atoms with E-state index in [-0.39, 0.29) is 5.97 Å². The largest absolute Gasteiger partial charge is 0.465 e. The maximum absolute atomic E-state index is 11.9. The molecule has 1 aromatic carbocycles. The van der Waals surface area contributed by atoms with E-state index in [1.165, 1.54) is 20.0 Å². The minimum atomic E-state index is -0.388. The van der Waals surface area contributed by atoms with E-state index in [1.807, 2.05) is 25.1 Å². The van der Waals surface area contributed by atoms with Gasteiger partial charge in [-0.2, -0.15) is 4.98 Å². The number of rotatable bonds is 4. The number of carbonyl (C=O) groups is 1. The van der Waals surface area contributed by atoms with Gasteiger partial charge in [0.25, 0.3) is 0 Å². The number of piperidine rings is 1. The average molecular weight is 340 g/mol. The van der Waals surface area contributed by atoms with E-state index in [1.54, 1.807) is 12.1 Å². The van der Waals surface area contributed by atoms with Crippen molar-refractivity contribution in [3.8, 4) is 0 Å². The molecule has 6 nitrogen and oxygen atoms in total. The summed E-state index contributed by atoms with van der Waals surface area (Å²) in [6.45, 7) is 6.25.